The molecule has 1 aromatic heterocycles. The lowest BCUT2D eigenvalue weighted by Gasteiger charge is -2.17. The van der Waals surface area contributed by atoms with Crippen LogP contribution in [-0.4, -0.2) is 37.8 Å². The SMILES string of the molecule is O=C(O)c1csc(S(=O)(=O)NCC2CCCC2CO)c1. The fraction of sp³-hybridized carbons (Fsp3) is 0.583. The summed E-state index contributed by atoms with van der Waals surface area (Å²) in [6.45, 7) is 0.364. The first-order valence-corrected chi connectivity index (χ1v) is 8.72. The van der Waals surface area contributed by atoms with Crippen LogP contribution in [-0.2, 0) is 10.0 Å². The number of hydrogen-bond acceptors (Lipinski definition) is 5. The van der Waals surface area contributed by atoms with Crippen LogP contribution < -0.4 is 4.72 Å². The van der Waals surface area contributed by atoms with Gasteiger partial charge in [-0.3, -0.25) is 0 Å². The Morgan fingerprint density at radius 3 is 2.70 bits per heavy atom. The van der Waals surface area contributed by atoms with Gasteiger partial charge in [0.15, 0.2) is 0 Å². The number of carboxylic acids is 1. The summed E-state index contributed by atoms with van der Waals surface area (Å²) in [5, 5.41) is 19.3. The van der Waals surface area contributed by atoms with E-state index in [1.54, 1.807) is 0 Å². The second-order valence-corrected chi connectivity index (χ2v) is 7.85. The lowest BCUT2D eigenvalue weighted by Crippen LogP contribution is -2.31. The molecule has 3 N–H and O–H groups in total. The first-order chi connectivity index (χ1) is 9.44. The van der Waals surface area contributed by atoms with Crippen molar-refractivity contribution in [3.8, 4) is 0 Å². The normalized spacial score (nSPS) is 23.1. The molecule has 1 fully saturated rings. The van der Waals surface area contributed by atoms with E-state index in [1.807, 2.05) is 0 Å². The van der Waals surface area contributed by atoms with E-state index in [9.17, 15) is 18.3 Å². The summed E-state index contributed by atoms with van der Waals surface area (Å²) in [4.78, 5) is 10.8. The van der Waals surface area contributed by atoms with E-state index in [2.05, 4.69) is 4.72 Å². The van der Waals surface area contributed by atoms with E-state index in [0.717, 1.165) is 36.7 Å². The minimum Gasteiger partial charge on any atom is -0.478 e. The largest absolute Gasteiger partial charge is 0.478 e. The zero-order chi connectivity index (χ0) is 14.8. The van der Waals surface area contributed by atoms with Crippen LogP contribution in [0.5, 0.6) is 0 Å². The van der Waals surface area contributed by atoms with Crippen molar-refractivity contribution in [2.45, 2.75) is 23.5 Å². The summed E-state index contributed by atoms with van der Waals surface area (Å²) in [5.74, 6) is -0.844. The molecule has 1 aromatic rings. The Kier molecular flexibility index (Phi) is 4.79. The highest BCUT2D eigenvalue weighted by atomic mass is 32.2. The molecule has 1 heterocycles. The molecule has 20 heavy (non-hydrogen) atoms. The Bertz CT molecular complexity index is 580. The van der Waals surface area contributed by atoms with Crippen molar-refractivity contribution in [3.05, 3.63) is 17.0 Å². The van der Waals surface area contributed by atoms with Gasteiger partial charge in [-0.05, 0) is 30.7 Å². The molecule has 0 aromatic carbocycles. The van der Waals surface area contributed by atoms with Gasteiger partial charge in [-0.25, -0.2) is 17.9 Å². The van der Waals surface area contributed by atoms with Crippen LogP contribution in [0, 0.1) is 11.8 Å². The van der Waals surface area contributed by atoms with E-state index in [-0.39, 0.29) is 34.8 Å². The lowest BCUT2D eigenvalue weighted by molar-refractivity contribution is 0.0697. The van der Waals surface area contributed by atoms with Crippen molar-refractivity contribution in [1.29, 1.82) is 0 Å². The summed E-state index contributed by atoms with van der Waals surface area (Å²) in [6.07, 6.45) is 2.82. The lowest BCUT2D eigenvalue weighted by atomic mass is 9.97. The predicted molar refractivity (Wildman–Crippen MR) is 74.4 cm³/mol. The summed E-state index contributed by atoms with van der Waals surface area (Å²) in [5.41, 5.74) is -0.0236. The van der Waals surface area contributed by atoms with Crippen LogP contribution in [0.4, 0.5) is 0 Å². The highest BCUT2D eigenvalue weighted by Gasteiger charge is 2.28. The van der Waals surface area contributed by atoms with Gasteiger partial charge in [-0.2, -0.15) is 0 Å². The van der Waals surface area contributed by atoms with Crippen LogP contribution in [0.15, 0.2) is 15.7 Å². The van der Waals surface area contributed by atoms with Crippen LogP contribution in [0.2, 0.25) is 0 Å². The highest BCUT2D eigenvalue weighted by Crippen LogP contribution is 2.31. The van der Waals surface area contributed by atoms with Gasteiger partial charge >= 0.3 is 5.97 Å². The molecule has 0 bridgehead atoms. The van der Waals surface area contributed by atoms with Gasteiger partial charge in [0.1, 0.15) is 4.21 Å². The molecule has 0 spiro atoms. The van der Waals surface area contributed by atoms with Crippen molar-refractivity contribution < 1.29 is 23.4 Å². The van der Waals surface area contributed by atoms with Crippen LogP contribution in [0.3, 0.4) is 0 Å². The Hall–Kier alpha value is -0.960. The standard InChI is InChI=1S/C12H17NO5S2/c14-6-9-3-1-2-8(9)5-13-20(17,18)11-4-10(7-19-11)12(15)16/h4,7-9,13-14H,1-3,5-6H2,(H,15,16). The molecule has 112 valence electrons. The number of carboxylic acid groups (broad SMARTS) is 1. The van der Waals surface area contributed by atoms with Crippen molar-refractivity contribution in [1.82, 2.24) is 4.72 Å². The van der Waals surface area contributed by atoms with Crippen molar-refractivity contribution in [2.75, 3.05) is 13.2 Å². The zero-order valence-corrected chi connectivity index (χ0v) is 12.4. The van der Waals surface area contributed by atoms with E-state index in [1.165, 1.54) is 5.38 Å². The van der Waals surface area contributed by atoms with Crippen molar-refractivity contribution in [3.63, 3.8) is 0 Å². The van der Waals surface area contributed by atoms with E-state index in [0.29, 0.717) is 0 Å². The van der Waals surface area contributed by atoms with Gasteiger partial charge in [0.2, 0.25) is 10.0 Å². The first-order valence-electron chi connectivity index (χ1n) is 6.36. The molecule has 1 aliphatic carbocycles. The summed E-state index contributed by atoms with van der Waals surface area (Å²) in [7, 11) is -3.67. The molecular formula is C12H17NO5S2. The van der Waals surface area contributed by atoms with Gasteiger partial charge in [-0.1, -0.05) is 6.42 Å². The molecule has 0 saturated heterocycles. The molecular weight excluding hydrogens is 302 g/mol. The predicted octanol–water partition coefficient (Wildman–Crippen LogP) is 1.13. The van der Waals surface area contributed by atoms with Gasteiger partial charge in [-0.15, -0.1) is 11.3 Å². The Balaban J connectivity index is 2.01. The molecule has 8 heteroatoms. The molecule has 2 unspecified atom stereocenters. The molecule has 2 atom stereocenters. The minimum absolute atomic E-state index is 0.00782. The highest BCUT2D eigenvalue weighted by molar-refractivity contribution is 7.91. The molecule has 1 aliphatic rings. The Morgan fingerprint density at radius 1 is 1.40 bits per heavy atom. The quantitative estimate of drug-likeness (QED) is 0.729. The number of aliphatic hydroxyl groups excluding tert-OH is 1. The third-order valence-electron chi connectivity index (χ3n) is 3.67. The molecule has 1 saturated carbocycles. The van der Waals surface area contributed by atoms with E-state index < -0.39 is 16.0 Å². The first kappa shape index (κ1) is 15.4. The number of carbonyl (C=O) groups is 1. The van der Waals surface area contributed by atoms with Crippen LogP contribution in [0.25, 0.3) is 0 Å². The second kappa shape index (κ2) is 6.21. The molecule has 0 aliphatic heterocycles. The van der Waals surface area contributed by atoms with Gasteiger partial charge in [0.25, 0.3) is 0 Å². The van der Waals surface area contributed by atoms with Gasteiger partial charge in [0.05, 0.1) is 5.56 Å². The minimum atomic E-state index is -3.67. The van der Waals surface area contributed by atoms with E-state index >= 15 is 0 Å². The monoisotopic (exact) mass is 319 g/mol. The maximum atomic E-state index is 12.1. The number of sulfonamides is 1. The second-order valence-electron chi connectivity index (χ2n) is 4.95. The Morgan fingerprint density at radius 2 is 2.10 bits per heavy atom. The molecule has 0 radical (unpaired) electrons. The van der Waals surface area contributed by atoms with Gasteiger partial charge in [0, 0.05) is 18.5 Å². The fourth-order valence-electron chi connectivity index (χ4n) is 2.48. The average Bonchev–Trinajstić information content (AvgIpc) is 3.05. The van der Waals surface area contributed by atoms with Crippen molar-refractivity contribution >= 4 is 27.3 Å². The molecule has 6 nitrogen and oxygen atoms in total. The maximum absolute atomic E-state index is 12.1. The van der Waals surface area contributed by atoms with Crippen LogP contribution in [0.1, 0.15) is 29.6 Å². The third kappa shape index (κ3) is 3.38. The smallest absolute Gasteiger partial charge is 0.336 e. The summed E-state index contributed by atoms with van der Waals surface area (Å²) in [6, 6.07) is 1.16. The maximum Gasteiger partial charge on any atom is 0.336 e. The number of nitrogens with one attached hydrogen (secondary N) is 1. The number of thiophene rings is 1. The average molecular weight is 319 g/mol. The third-order valence-corrected chi connectivity index (χ3v) is 6.54. The molecule has 0 amide bonds. The number of aromatic carboxylic acids is 1. The van der Waals surface area contributed by atoms with E-state index in [4.69, 9.17) is 5.11 Å². The fourth-order valence-corrected chi connectivity index (χ4v) is 4.77. The summed E-state index contributed by atoms with van der Waals surface area (Å²) >= 11 is 0.893. The number of aliphatic hydroxyl groups is 1. The molecule has 2 rings (SSSR count). The topological polar surface area (TPSA) is 104 Å². The number of rotatable bonds is 6. The van der Waals surface area contributed by atoms with Crippen LogP contribution >= 0.6 is 11.3 Å². The van der Waals surface area contributed by atoms with Gasteiger partial charge < -0.3 is 10.2 Å². The zero-order valence-electron chi connectivity index (χ0n) is 10.8. The Labute approximate surface area is 121 Å². The summed E-state index contributed by atoms with van der Waals surface area (Å²) < 4.78 is 26.6. The number of hydrogen-bond donors (Lipinski definition) is 3. The van der Waals surface area contributed by atoms with Crippen molar-refractivity contribution in [2.24, 2.45) is 11.8 Å².